The van der Waals surface area contributed by atoms with Crippen LogP contribution < -0.4 is 4.90 Å². The van der Waals surface area contributed by atoms with Gasteiger partial charge >= 0.3 is 0 Å². The van der Waals surface area contributed by atoms with Crippen LogP contribution in [0.3, 0.4) is 0 Å². The lowest BCUT2D eigenvalue weighted by atomic mass is 10.1. The zero-order valence-electron chi connectivity index (χ0n) is 16.0. The van der Waals surface area contributed by atoms with Gasteiger partial charge in [-0.3, -0.25) is 4.57 Å². The van der Waals surface area contributed by atoms with Gasteiger partial charge in [-0.25, -0.2) is 0 Å². The third-order valence-electron chi connectivity index (χ3n) is 6.03. The van der Waals surface area contributed by atoms with Gasteiger partial charge < -0.3 is 14.4 Å². The van der Waals surface area contributed by atoms with Gasteiger partial charge in [-0.2, -0.15) is 0 Å². The van der Waals surface area contributed by atoms with Gasteiger partial charge in [0.2, 0.25) is 5.95 Å². The van der Waals surface area contributed by atoms with E-state index in [0.717, 1.165) is 57.6 Å². The average molecular weight is 389 g/mol. The monoisotopic (exact) mass is 388 g/mol. The Morgan fingerprint density at radius 2 is 2.15 bits per heavy atom. The fourth-order valence-electron chi connectivity index (χ4n) is 4.23. The SMILES string of the molecule is Cc1ccc(-c2nnc(N3CCOCC4(CC4)C3)n2CC2CCCCO2)s1. The second-order valence-corrected chi connectivity index (χ2v) is 9.60. The molecule has 1 aliphatic carbocycles. The molecule has 2 aromatic heterocycles. The maximum absolute atomic E-state index is 6.05. The molecule has 4 heterocycles. The highest BCUT2D eigenvalue weighted by molar-refractivity contribution is 7.15. The van der Waals surface area contributed by atoms with E-state index in [2.05, 4.69) is 38.7 Å². The van der Waals surface area contributed by atoms with E-state index in [4.69, 9.17) is 9.47 Å². The predicted octanol–water partition coefficient (Wildman–Crippen LogP) is 3.50. The summed E-state index contributed by atoms with van der Waals surface area (Å²) in [5.41, 5.74) is 0.342. The van der Waals surface area contributed by atoms with Gasteiger partial charge in [-0.15, -0.1) is 21.5 Å². The number of rotatable bonds is 4. The molecule has 2 aromatic rings. The van der Waals surface area contributed by atoms with Crippen LogP contribution in [-0.2, 0) is 16.0 Å². The Bertz CT molecular complexity index is 792. The number of aromatic nitrogens is 3. The van der Waals surface area contributed by atoms with Crippen molar-refractivity contribution in [2.24, 2.45) is 5.41 Å². The quantitative estimate of drug-likeness (QED) is 0.802. The molecule has 3 fully saturated rings. The molecule has 3 aliphatic rings. The van der Waals surface area contributed by atoms with Crippen LogP contribution in [0.5, 0.6) is 0 Å². The highest BCUT2D eigenvalue weighted by Crippen LogP contribution is 2.48. The van der Waals surface area contributed by atoms with Crippen molar-refractivity contribution in [3.05, 3.63) is 17.0 Å². The van der Waals surface area contributed by atoms with Crippen LogP contribution in [0, 0.1) is 12.3 Å². The molecular weight excluding hydrogens is 360 g/mol. The molecule has 6 nitrogen and oxygen atoms in total. The lowest BCUT2D eigenvalue weighted by Gasteiger charge is -2.28. The van der Waals surface area contributed by atoms with Crippen LogP contribution in [0.15, 0.2) is 12.1 Å². The summed E-state index contributed by atoms with van der Waals surface area (Å²) in [7, 11) is 0. The second kappa shape index (κ2) is 7.18. The second-order valence-electron chi connectivity index (χ2n) is 8.31. The van der Waals surface area contributed by atoms with Crippen LogP contribution >= 0.6 is 11.3 Å². The summed E-state index contributed by atoms with van der Waals surface area (Å²) >= 11 is 1.79. The molecular formula is C20H28N4O2S. The van der Waals surface area contributed by atoms with Crippen molar-refractivity contribution < 1.29 is 9.47 Å². The van der Waals surface area contributed by atoms with E-state index >= 15 is 0 Å². The van der Waals surface area contributed by atoms with E-state index in [9.17, 15) is 0 Å². The zero-order chi connectivity index (χ0) is 18.3. The number of anilines is 1. The minimum atomic E-state index is 0.256. The molecule has 1 saturated carbocycles. The summed E-state index contributed by atoms with van der Waals surface area (Å²) in [4.78, 5) is 4.89. The first-order valence-corrected chi connectivity index (χ1v) is 11.0. The molecule has 0 radical (unpaired) electrons. The van der Waals surface area contributed by atoms with E-state index in [0.29, 0.717) is 5.41 Å². The molecule has 2 aliphatic heterocycles. The third-order valence-corrected chi connectivity index (χ3v) is 7.03. The molecule has 0 N–H and O–H groups in total. The zero-order valence-corrected chi connectivity index (χ0v) is 16.8. The fourth-order valence-corrected chi connectivity index (χ4v) is 5.09. The molecule has 1 atom stereocenters. The van der Waals surface area contributed by atoms with Crippen LogP contribution in [0.4, 0.5) is 5.95 Å². The Morgan fingerprint density at radius 1 is 1.22 bits per heavy atom. The average Bonchev–Trinajstić information content (AvgIpc) is 3.21. The number of hydrogen-bond donors (Lipinski definition) is 0. The van der Waals surface area contributed by atoms with Crippen LogP contribution in [0.1, 0.15) is 37.0 Å². The van der Waals surface area contributed by atoms with Gasteiger partial charge in [0.15, 0.2) is 5.82 Å². The Hall–Kier alpha value is -1.44. The minimum absolute atomic E-state index is 0.256. The van der Waals surface area contributed by atoms with Gasteiger partial charge in [-0.1, -0.05) is 0 Å². The first-order chi connectivity index (χ1) is 13.2. The molecule has 27 heavy (non-hydrogen) atoms. The number of aryl methyl sites for hydroxylation is 1. The summed E-state index contributed by atoms with van der Waals surface area (Å²) in [6.45, 7) is 7.41. The molecule has 146 valence electrons. The van der Waals surface area contributed by atoms with Gasteiger partial charge in [0.1, 0.15) is 0 Å². The van der Waals surface area contributed by atoms with E-state index in [-0.39, 0.29) is 6.10 Å². The van der Waals surface area contributed by atoms with E-state index in [1.54, 1.807) is 11.3 Å². The van der Waals surface area contributed by atoms with Crippen molar-refractivity contribution in [3.8, 4) is 10.7 Å². The number of nitrogens with zero attached hydrogens (tertiary/aromatic N) is 4. The summed E-state index contributed by atoms with van der Waals surface area (Å²) in [5, 5.41) is 9.28. The van der Waals surface area contributed by atoms with Crippen molar-refractivity contribution >= 4 is 17.3 Å². The third kappa shape index (κ3) is 3.65. The first kappa shape index (κ1) is 17.6. The number of thiophene rings is 1. The van der Waals surface area contributed by atoms with Crippen molar-refractivity contribution in [1.29, 1.82) is 0 Å². The smallest absolute Gasteiger partial charge is 0.227 e. The Labute approximate surface area is 164 Å². The lowest BCUT2D eigenvalue weighted by Crippen LogP contribution is -2.34. The molecule has 0 bridgehead atoms. The van der Waals surface area contributed by atoms with Crippen LogP contribution in [0.25, 0.3) is 10.7 Å². The Morgan fingerprint density at radius 3 is 2.89 bits per heavy atom. The molecule has 7 heteroatoms. The topological polar surface area (TPSA) is 52.4 Å². The maximum Gasteiger partial charge on any atom is 0.227 e. The van der Waals surface area contributed by atoms with Gasteiger partial charge in [0.25, 0.3) is 0 Å². The normalized spacial score (nSPS) is 24.9. The van der Waals surface area contributed by atoms with E-state index < -0.39 is 0 Å². The molecule has 1 unspecified atom stereocenters. The molecule has 0 aromatic carbocycles. The van der Waals surface area contributed by atoms with Gasteiger partial charge in [0.05, 0.1) is 30.7 Å². The molecule has 2 saturated heterocycles. The van der Waals surface area contributed by atoms with Gasteiger partial charge in [-0.05, 0) is 51.2 Å². The summed E-state index contributed by atoms with van der Waals surface area (Å²) < 4.78 is 14.2. The van der Waals surface area contributed by atoms with E-state index in [1.165, 1.54) is 35.4 Å². The Kier molecular flexibility index (Phi) is 4.70. The Balaban J connectivity index is 1.48. The van der Waals surface area contributed by atoms with Crippen molar-refractivity contribution in [1.82, 2.24) is 14.8 Å². The van der Waals surface area contributed by atoms with Crippen LogP contribution in [0.2, 0.25) is 0 Å². The minimum Gasteiger partial charge on any atom is -0.379 e. The first-order valence-electron chi connectivity index (χ1n) is 10.2. The predicted molar refractivity (Wildman–Crippen MR) is 106 cm³/mol. The van der Waals surface area contributed by atoms with Crippen molar-refractivity contribution in [3.63, 3.8) is 0 Å². The highest BCUT2D eigenvalue weighted by Gasteiger charge is 2.46. The molecule has 5 rings (SSSR count). The van der Waals surface area contributed by atoms with Crippen molar-refractivity contribution in [2.45, 2.75) is 51.7 Å². The van der Waals surface area contributed by atoms with Gasteiger partial charge in [0, 0.05) is 30.0 Å². The number of hydrogen-bond acceptors (Lipinski definition) is 6. The van der Waals surface area contributed by atoms with E-state index in [1.807, 2.05) is 0 Å². The molecule has 1 spiro atoms. The maximum atomic E-state index is 6.05. The number of ether oxygens (including phenoxy) is 2. The lowest BCUT2D eigenvalue weighted by molar-refractivity contribution is 0.00638. The summed E-state index contributed by atoms with van der Waals surface area (Å²) in [5.74, 6) is 1.97. The standard InChI is InChI=1S/C20H28N4O2S/c1-15-5-6-17(27-15)18-21-22-19(24(18)12-16-4-2-3-10-26-16)23-9-11-25-14-20(13-23)7-8-20/h5-6,16H,2-4,7-14H2,1H3. The summed E-state index contributed by atoms with van der Waals surface area (Å²) in [6, 6.07) is 4.33. The summed E-state index contributed by atoms with van der Waals surface area (Å²) in [6.07, 6.45) is 6.32. The fraction of sp³-hybridized carbons (Fsp3) is 0.700. The largest absolute Gasteiger partial charge is 0.379 e. The van der Waals surface area contributed by atoms with Crippen molar-refractivity contribution in [2.75, 3.05) is 37.8 Å². The van der Waals surface area contributed by atoms with Crippen LogP contribution in [-0.4, -0.2) is 53.8 Å². The molecule has 0 amide bonds. The highest BCUT2D eigenvalue weighted by atomic mass is 32.1.